The molecule has 28 heavy (non-hydrogen) atoms. The molecule has 6 nitrogen and oxygen atoms in total. The number of phenolic OH excluding ortho intramolecular Hbond substituents is 1. The SMILES string of the molecule is Cc1cc(C=NCCc2cnc[nH]2)c(O)c(CN(C)CCc2ccccn2)c1. The smallest absolute Gasteiger partial charge is 0.128 e. The van der Waals surface area contributed by atoms with Crippen LogP contribution in [0.5, 0.6) is 5.75 Å². The van der Waals surface area contributed by atoms with E-state index in [0.717, 1.165) is 47.5 Å². The normalized spacial score (nSPS) is 11.5. The monoisotopic (exact) mass is 377 g/mol. The molecule has 6 heteroatoms. The van der Waals surface area contributed by atoms with E-state index in [1.807, 2.05) is 43.5 Å². The Morgan fingerprint density at radius 3 is 2.89 bits per heavy atom. The van der Waals surface area contributed by atoms with Gasteiger partial charge in [-0.2, -0.15) is 0 Å². The fourth-order valence-corrected chi connectivity index (χ4v) is 3.09. The van der Waals surface area contributed by atoms with Crippen molar-refractivity contribution in [3.05, 3.63) is 77.1 Å². The number of nitrogens with zero attached hydrogens (tertiary/aromatic N) is 4. The molecule has 146 valence electrons. The molecule has 3 rings (SSSR count). The third-order valence-corrected chi connectivity index (χ3v) is 4.57. The van der Waals surface area contributed by atoms with Gasteiger partial charge in [0, 0.05) is 73.6 Å². The third kappa shape index (κ3) is 5.76. The fraction of sp³-hybridized carbons (Fsp3) is 0.318. The Bertz CT molecular complexity index is 891. The van der Waals surface area contributed by atoms with E-state index in [2.05, 4.69) is 31.9 Å². The van der Waals surface area contributed by atoms with E-state index in [1.165, 1.54) is 0 Å². The van der Waals surface area contributed by atoms with Crippen molar-refractivity contribution < 1.29 is 5.11 Å². The number of aromatic amines is 1. The largest absolute Gasteiger partial charge is 0.507 e. The van der Waals surface area contributed by atoms with Gasteiger partial charge in [0.25, 0.3) is 0 Å². The number of imidazole rings is 1. The summed E-state index contributed by atoms with van der Waals surface area (Å²) in [5, 5.41) is 10.7. The summed E-state index contributed by atoms with van der Waals surface area (Å²) in [5.74, 6) is 0.306. The summed E-state index contributed by atoms with van der Waals surface area (Å²) in [7, 11) is 2.06. The number of aryl methyl sites for hydroxylation is 1. The van der Waals surface area contributed by atoms with E-state index in [4.69, 9.17) is 0 Å². The molecule has 1 aromatic carbocycles. The highest BCUT2D eigenvalue weighted by atomic mass is 16.3. The summed E-state index contributed by atoms with van der Waals surface area (Å²) in [5.41, 5.74) is 4.92. The van der Waals surface area contributed by atoms with Crippen LogP contribution in [0.3, 0.4) is 0 Å². The standard InChI is InChI=1S/C22H27N5O/c1-17-11-18(13-23-9-6-21-14-24-16-26-21)22(28)19(12-17)15-27(2)10-7-20-5-3-4-8-25-20/h3-5,8,11-14,16,28H,6-7,9-10,15H2,1-2H3,(H,24,26). The first-order valence-corrected chi connectivity index (χ1v) is 9.50. The van der Waals surface area contributed by atoms with Crippen molar-refractivity contribution in [1.82, 2.24) is 19.9 Å². The predicted octanol–water partition coefficient (Wildman–Crippen LogP) is 3.15. The minimum absolute atomic E-state index is 0.306. The second-order valence-electron chi connectivity index (χ2n) is 7.03. The average Bonchev–Trinajstić information content (AvgIpc) is 3.21. The maximum atomic E-state index is 10.7. The number of H-pyrrole nitrogens is 1. The van der Waals surface area contributed by atoms with Gasteiger partial charge in [0.15, 0.2) is 0 Å². The third-order valence-electron chi connectivity index (χ3n) is 4.57. The lowest BCUT2D eigenvalue weighted by Crippen LogP contribution is -2.21. The molecule has 2 heterocycles. The number of phenols is 1. The van der Waals surface area contributed by atoms with Gasteiger partial charge in [-0.1, -0.05) is 12.1 Å². The molecule has 0 radical (unpaired) electrons. The van der Waals surface area contributed by atoms with Gasteiger partial charge in [0.2, 0.25) is 0 Å². The van der Waals surface area contributed by atoms with Gasteiger partial charge in [-0.15, -0.1) is 0 Å². The first kappa shape index (κ1) is 19.8. The summed E-state index contributed by atoms with van der Waals surface area (Å²) in [6.45, 7) is 4.24. The van der Waals surface area contributed by atoms with Gasteiger partial charge in [-0.3, -0.25) is 9.98 Å². The van der Waals surface area contributed by atoms with Gasteiger partial charge >= 0.3 is 0 Å². The highest BCUT2D eigenvalue weighted by molar-refractivity contribution is 5.84. The van der Waals surface area contributed by atoms with Crippen LogP contribution in [0, 0.1) is 6.92 Å². The fourth-order valence-electron chi connectivity index (χ4n) is 3.09. The molecule has 0 aliphatic rings. The van der Waals surface area contributed by atoms with Crippen LogP contribution < -0.4 is 0 Å². The second kappa shape index (κ2) is 9.80. The van der Waals surface area contributed by atoms with Crippen LogP contribution >= 0.6 is 0 Å². The summed E-state index contributed by atoms with van der Waals surface area (Å²) in [6, 6.07) is 9.97. The molecular weight excluding hydrogens is 350 g/mol. The van der Waals surface area contributed by atoms with Crippen molar-refractivity contribution in [2.24, 2.45) is 4.99 Å². The van der Waals surface area contributed by atoms with Gasteiger partial charge < -0.3 is 15.0 Å². The molecule has 0 aliphatic carbocycles. The molecule has 0 aliphatic heterocycles. The van der Waals surface area contributed by atoms with E-state index in [1.54, 1.807) is 18.7 Å². The summed E-state index contributed by atoms with van der Waals surface area (Å²) in [4.78, 5) is 18.1. The molecule has 3 aromatic rings. The summed E-state index contributed by atoms with van der Waals surface area (Å²) < 4.78 is 0. The Morgan fingerprint density at radius 2 is 2.14 bits per heavy atom. The molecule has 0 fully saturated rings. The highest BCUT2D eigenvalue weighted by Gasteiger charge is 2.10. The number of nitrogens with one attached hydrogen (secondary N) is 1. The number of aliphatic imine (C=N–C) groups is 1. The quantitative estimate of drug-likeness (QED) is 0.562. The summed E-state index contributed by atoms with van der Waals surface area (Å²) >= 11 is 0. The van der Waals surface area contributed by atoms with Crippen molar-refractivity contribution in [2.75, 3.05) is 20.1 Å². The van der Waals surface area contributed by atoms with Gasteiger partial charge in [0.05, 0.1) is 6.33 Å². The zero-order valence-electron chi connectivity index (χ0n) is 16.5. The number of aromatic hydroxyl groups is 1. The first-order chi connectivity index (χ1) is 13.6. The molecule has 0 spiro atoms. The first-order valence-electron chi connectivity index (χ1n) is 9.50. The van der Waals surface area contributed by atoms with Crippen LogP contribution in [0.15, 0.2) is 54.0 Å². The lowest BCUT2D eigenvalue weighted by atomic mass is 10.0. The molecule has 2 aromatic heterocycles. The zero-order chi connectivity index (χ0) is 19.8. The number of benzene rings is 1. The van der Waals surface area contributed by atoms with Crippen molar-refractivity contribution >= 4 is 6.21 Å². The second-order valence-corrected chi connectivity index (χ2v) is 7.03. The minimum Gasteiger partial charge on any atom is -0.507 e. The number of rotatable bonds is 9. The maximum Gasteiger partial charge on any atom is 0.128 e. The van der Waals surface area contributed by atoms with Gasteiger partial charge in [-0.05, 0) is 37.7 Å². The Balaban J connectivity index is 1.59. The van der Waals surface area contributed by atoms with Crippen molar-refractivity contribution in [2.45, 2.75) is 26.3 Å². The van der Waals surface area contributed by atoms with Crippen LogP contribution in [0.2, 0.25) is 0 Å². The average molecular weight is 377 g/mol. The molecule has 0 atom stereocenters. The maximum absolute atomic E-state index is 10.7. The number of aromatic nitrogens is 3. The molecule has 0 saturated carbocycles. The predicted molar refractivity (Wildman–Crippen MR) is 112 cm³/mol. The molecule has 2 N–H and O–H groups in total. The Kier molecular flexibility index (Phi) is 6.92. The zero-order valence-corrected chi connectivity index (χ0v) is 16.5. The van der Waals surface area contributed by atoms with Crippen LogP contribution in [-0.2, 0) is 19.4 Å². The number of pyridine rings is 1. The Hall–Kier alpha value is -2.99. The van der Waals surface area contributed by atoms with Crippen LogP contribution in [-0.4, -0.2) is 51.3 Å². The van der Waals surface area contributed by atoms with Crippen LogP contribution in [0.1, 0.15) is 28.1 Å². The number of hydrogen-bond donors (Lipinski definition) is 2. The van der Waals surface area contributed by atoms with Gasteiger partial charge in [0.1, 0.15) is 5.75 Å². The van der Waals surface area contributed by atoms with E-state index in [0.29, 0.717) is 18.8 Å². The summed E-state index contributed by atoms with van der Waals surface area (Å²) in [6.07, 6.45) is 8.73. The minimum atomic E-state index is 0.306. The highest BCUT2D eigenvalue weighted by Crippen LogP contribution is 2.24. The Labute approximate surface area is 166 Å². The van der Waals surface area contributed by atoms with Crippen LogP contribution in [0.4, 0.5) is 0 Å². The lowest BCUT2D eigenvalue weighted by molar-refractivity contribution is 0.323. The number of hydrogen-bond acceptors (Lipinski definition) is 5. The van der Waals surface area contributed by atoms with E-state index in [9.17, 15) is 5.11 Å². The van der Waals surface area contributed by atoms with Crippen molar-refractivity contribution in [3.8, 4) is 5.75 Å². The Morgan fingerprint density at radius 1 is 1.25 bits per heavy atom. The van der Waals surface area contributed by atoms with E-state index in [-0.39, 0.29) is 0 Å². The molecule has 0 amide bonds. The molecule has 0 unspecified atom stereocenters. The van der Waals surface area contributed by atoms with Gasteiger partial charge in [-0.25, -0.2) is 4.98 Å². The molecule has 0 bridgehead atoms. The molecule has 0 saturated heterocycles. The van der Waals surface area contributed by atoms with E-state index >= 15 is 0 Å². The number of likely N-dealkylation sites (N-methyl/N-ethyl adjacent to an activating group) is 1. The van der Waals surface area contributed by atoms with Crippen molar-refractivity contribution in [1.29, 1.82) is 0 Å². The van der Waals surface area contributed by atoms with Crippen LogP contribution in [0.25, 0.3) is 0 Å². The van der Waals surface area contributed by atoms with Crippen molar-refractivity contribution in [3.63, 3.8) is 0 Å². The lowest BCUT2D eigenvalue weighted by Gasteiger charge is -2.18. The van der Waals surface area contributed by atoms with E-state index < -0.39 is 0 Å². The molecular formula is C22H27N5O. The topological polar surface area (TPSA) is 77.4 Å².